The van der Waals surface area contributed by atoms with Crippen LogP contribution in [0.3, 0.4) is 0 Å². The van der Waals surface area contributed by atoms with Gasteiger partial charge in [-0.05, 0) is 43.7 Å². The van der Waals surface area contributed by atoms with Crippen molar-refractivity contribution in [1.82, 2.24) is 10.2 Å². The molecule has 5 nitrogen and oxygen atoms in total. The summed E-state index contributed by atoms with van der Waals surface area (Å²) in [5.41, 5.74) is 1.98. The molecular formula is C22H28FN3O2. The molecule has 0 spiro atoms. The fourth-order valence-corrected chi connectivity index (χ4v) is 3.58. The van der Waals surface area contributed by atoms with Gasteiger partial charge in [0.15, 0.2) is 0 Å². The van der Waals surface area contributed by atoms with Crippen LogP contribution in [0.2, 0.25) is 0 Å². The number of nitrogens with zero attached hydrogens (tertiary/aromatic N) is 2. The number of anilines is 1. The number of amides is 1. The first-order chi connectivity index (χ1) is 13.5. The lowest BCUT2D eigenvalue weighted by Gasteiger charge is -2.39. The standard InChI is InChI=1S/C22H28FN3O2/c1-16(18-8-10-19(23)11-9-18)24-22(27)17(2)25-12-14-26(15-13-25)20-6-4-5-7-21(20)28-3/h4-11,16-17H,12-15H2,1-3H3,(H,24,27). The summed E-state index contributed by atoms with van der Waals surface area (Å²) in [6.45, 7) is 7.13. The number of halogens is 1. The first-order valence-corrected chi connectivity index (χ1v) is 9.67. The zero-order chi connectivity index (χ0) is 20.1. The fraction of sp³-hybridized carbons (Fsp3) is 0.409. The highest BCUT2D eigenvalue weighted by atomic mass is 19.1. The molecule has 2 aromatic carbocycles. The average molecular weight is 385 g/mol. The van der Waals surface area contributed by atoms with Gasteiger partial charge < -0.3 is 15.0 Å². The maximum Gasteiger partial charge on any atom is 0.237 e. The van der Waals surface area contributed by atoms with Gasteiger partial charge in [0.1, 0.15) is 11.6 Å². The van der Waals surface area contributed by atoms with E-state index in [2.05, 4.69) is 21.2 Å². The maximum absolute atomic E-state index is 13.1. The van der Waals surface area contributed by atoms with Crippen LogP contribution in [0.1, 0.15) is 25.5 Å². The number of hydrogen-bond donors (Lipinski definition) is 1. The van der Waals surface area contributed by atoms with E-state index in [0.717, 1.165) is 43.2 Å². The fourth-order valence-electron chi connectivity index (χ4n) is 3.58. The summed E-state index contributed by atoms with van der Waals surface area (Å²) in [6, 6.07) is 13.9. The van der Waals surface area contributed by atoms with Crippen molar-refractivity contribution in [3.8, 4) is 5.75 Å². The van der Waals surface area contributed by atoms with E-state index in [0.29, 0.717) is 0 Å². The Hall–Kier alpha value is -2.60. The molecule has 0 aromatic heterocycles. The van der Waals surface area contributed by atoms with Crippen LogP contribution in [0.25, 0.3) is 0 Å². The monoisotopic (exact) mass is 385 g/mol. The van der Waals surface area contributed by atoms with Crippen LogP contribution in [0.15, 0.2) is 48.5 Å². The van der Waals surface area contributed by atoms with Crippen molar-refractivity contribution in [1.29, 1.82) is 0 Å². The van der Waals surface area contributed by atoms with Gasteiger partial charge in [-0.3, -0.25) is 9.69 Å². The van der Waals surface area contributed by atoms with Crippen molar-refractivity contribution in [3.05, 3.63) is 59.9 Å². The molecule has 3 rings (SSSR count). The predicted octanol–water partition coefficient (Wildman–Crippen LogP) is 3.22. The Morgan fingerprint density at radius 3 is 2.32 bits per heavy atom. The number of piperazine rings is 1. The van der Waals surface area contributed by atoms with Crippen molar-refractivity contribution >= 4 is 11.6 Å². The van der Waals surface area contributed by atoms with Crippen molar-refractivity contribution < 1.29 is 13.9 Å². The largest absolute Gasteiger partial charge is 0.495 e. The SMILES string of the molecule is COc1ccccc1N1CCN(C(C)C(=O)NC(C)c2ccc(F)cc2)CC1. The van der Waals surface area contributed by atoms with Gasteiger partial charge in [0.25, 0.3) is 0 Å². The van der Waals surface area contributed by atoms with Crippen molar-refractivity contribution in [3.63, 3.8) is 0 Å². The zero-order valence-electron chi connectivity index (χ0n) is 16.7. The Morgan fingerprint density at radius 2 is 1.68 bits per heavy atom. The van der Waals surface area contributed by atoms with Crippen LogP contribution in [0.5, 0.6) is 5.75 Å². The van der Waals surface area contributed by atoms with E-state index in [1.165, 1.54) is 12.1 Å². The number of carbonyl (C=O) groups is 1. The minimum atomic E-state index is -0.274. The Bertz CT molecular complexity index is 789. The Morgan fingerprint density at radius 1 is 1.04 bits per heavy atom. The first kappa shape index (κ1) is 20.1. The lowest BCUT2D eigenvalue weighted by Crippen LogP contribution is -2.54. The molecule has 0 saturated carbocycles. The summed E-state index contributed by atoms with van der Waals surface area (Å²) < 4.78 is 18.5. The number of benzene rings is 2. The third-order valence-corrected chi connectivity index (χ3v) is 5.40. The Labute approximate surface area is 166 Å². The summed E-state index contributed by atoms with van der Waals surface area (Å²) in [4.78, 5) is 17.2. The number of hydrogen-bond acceptors (Lipinski definition) is 4. The lowest BCUT2D eigenvalue weighted by atomic mass is 10.1. The van der Waals surface area contributed by atoms with Gasteiger partial charge >= 0.3 is 0 Å². The van der Waals surface area contributed by atoms with Gasteiger partial charge in [0.05, 0.1) is 24.9 Å². The highest BCUT2D eigenvalue weighted by Crippen LogP contribution is 2.28. The highest BCUT2D eigenvalue weighted by molar-refractivity contribution is 5.81. The molecule has 1 heterocycles. The third-order valence-electron chi connectivity index (χ3n) is 5.40. The Kier molecular flexibility index (Phi) is 6.52. The van der Waals surface area contributed by atoms with Crippen molar-refractivity contribution in [2.75, 3.05) is 38.2 Å². The molecule has 2 aromatic rings. The maximum atomic E-state index is 13.1. The molecule has 0 aliphatic carbocycles. The molecule has 1 aliphatic rings. The minimum absolute atomic E-state index is 0.0115. The lowest BCUT2D eigenvalue weighted by molar-refractivity contribution is -0.126. The van der Waals surface area contributed by atoms with Crippen LogP contribution in [0, 0.1) is 5.82 Å². The highest BCUT2D eigenvalue weighted by Gasteiger charge is 2.27. The molecule has 2 unspecified atom stereocenters. The Balaban J connectivity index is 1.55. The van der Waals surface area contributed by atoms with E-state index in [1.54, 1.807) is 19.2 Å². The molecule has 1 N–H and O–H groups in total. The molecule has 1 aliphatic heterocycles. The van der Waals surface area contributed by atoms with E-state index in [9.17, 15) is 9.18 Å². The molecule has 0 radical (unpaired) electrons. The van der Waals surface area contributed by atoms with E-state index < -0.39 is 0 Å². The predicted molar refractivity (Wildman–Crippen MR) is 109 cm³/mol. The first-order valence-electron chi connectivity index (χ1n) is 9.67. The summed E-state index contributed by atoms with van der Waals surface area (Å²) in [5, 5.41) is 3.04. The molecule has 2 atom stereocenters. The molecule has 1 saturated heterocycles. The molecule has 1 fully saturated rings. The third kappa shape index (κ3) is 4.62. The van der Waals surface area contributed by atoms with Crippen LogP contribution in [0.4, 0.5) is 10.1 Å². The van der Waals surface area contributed by atoms with Crippen molar-refractivity contribution in [2.24, 2.45) is 0 Å². The summed E-state index contributed by atoms with van der Waals surface area (Å²) in [5.74, 6) is 0.584. The number of rotatable bonds is 6. The number of ether oxygens (including phenoxy) is 1. The van der Waals surface area contributed by atoms with Gasteiger partial charge in [-0.1, -0.05) is 24.3 Å². The number of nitrogens with one attached hydrogen (secondary N) is 1. The molecule has 28 heavy (non-hydrogen) atoms. The van der Waals surface area contributed by atoms with E-state index >= 15 is 0 Å². The van der Waals surface area contributed by atoms with E-state index in [1.807, 2.05) is 32.0 Å². The number of carbonyl (C=O) groups excluding carboxylic acids is 1. The van der Waals surface area contributed by atoms with Gasteiger partial charge in [0, 0.05) is 26.2 Å². The minimum Gasteiger partial charge on any atom is -0.495 e. The smallest absolute Gasteiger partial charge is 0.237 e. The number of methoxy groups -OCH3 is 1. The van der Waals surface area contributed by atoms with Gasteiger partial charge in [-0.2, -0.15) is 0 Å². The van der Waals surface area contributed by atoms with Crippen LogP contribution < -0.4 is 15.0 Å². The van der Waals surface area contributed by atoms with Gasteiger partial charge in [0.2, 0.25) is 5.91 Å². The molecule has 0 bridgehead atoms. The summed E-state index contributed by atoms with van der Waals surface area (Å²) in [7, 11) is 1.68. The van der Waals surface area contributed by atoms with Gasteiger partial charge in [-0.25, -0.2) is 4.39 Å². The van der Waals surface area contributed by atoms with Crippen molar-refractivity contribution in [2.45, 2.75) is 25.9 Å². The quantitative estimate of drug-likeness (QED) is 0.829. The zero-order valence-corrected chi connectivity index (χ0v) is 16.7. The second-order valence-electron chi connectivity index (χ2n) is 7.15. The second kappa shape index (κ2) is 9.06. The second-order valence-corrected chi connectivity index (χ2v) is 7.15. The molecule has 6 heteroatoms. The molecular weight excluding hydrogens is 357 g/mol. The van der Waals surface area contributed by atoms with Crippen LogP contribution in [-0.2, 0) is 4.79 Å². The van der Waals surface area contributed by atoms with Crippen LogP contribution in [-0.4, -0.2) is 50.1 Å². The molecule has 1 amide bonds. The van der Waals surface area contributed by atoms with Gasteiger partial charge in [-0.15, -0.1) is 0 Å². The molecule has 150 valence electrons. The summed E-state index contributed by atoms with van der Waals surface area (Å²) >= 11 is 0. The van der Waals surface area contributed by atoms with E-state index in [-0.39, 0.29) is 23.8 Å². The van der Waals surface area contributed by atoms with E-state index in [4.69, 9.17) is 4.74 Å². The topological polar surface area (TPSA) is 44.8 Å². The normalized spacial score (nSPS) is 17.1. The average Bonchev–Trinajstić information content (AvgIpc) is 2.73. The number of para-hydroxylation sites is 2. The van der Waals surface area contributed by atoms with Crippen LogP contribution >= 0.6 is 0 Å². The summed E-state index contributed by atoms with van der Waals surface area (Å²) in [6.07, 6.45) is 0.